The Morgan fingerprint density at radius 1 is 1.25 bits per heavy atom. The van der Waals surface area contributed by atoms with Crippen molar-refractivity contribution in [1.82, 2.24) is 25.1 Å². The lowest BCUT2D eigenvalue weighted by Gasteiger charge is -2.36. The van der Waals surface area contributed by atoms with Crippen molar-refractivity contribution in [2.75, 3.05) is 26.7 Å². The fourth-order valence-corrected chi connectivity index (χ4v) is 3.10. The SMILES string of the molecule is CN=C(NCc1ccnc(C)n1)N1CCN(Cc2ccc(Cl)cc2)C(=O)C1.I. The Hall–Kier alpha value is -1.94. The van der Waals surface area contributed by atoms with E-state index in [0.29, 0.717) is 37.2 Å². The van der Waals surface area contributed by atoms with Gasteiger partial charge in [-0.1, -0.05) is 23.7 Å². The molecule has 2 aromatic rings. The summed E-state index contributed by atoms with van der Waals surface area (Å²) in [6, 6.07) is 9.46. The van der Waals surface area contributed by atoms with Crippen molar-refractivity contribution in [3.8, 4) is 0 Å². The van der Waals surface area contributed by atoms with Crippen LogP contribution in [0.15, 0.2) is 41.5 Å². The fraction of sp³-hybridized carbons (Fsp3) is 0.368. The van der Waals surface area contributed by atoms with Crippen LogP contribution in [0.2, 0.25) is 5.02 Å². The number of hydrogen-bond donors (Lipinski definition) is 1. The third-order valence-electron chi connectivity index (χ3n) is 4.38. The number of hydrogen-bond acceptors (Lipinski definition) is 4. The molecule has 0 radical (unpaired) electrons. The normalized spacial score (nSPS) is 14.7. The molecule has 2 heterocycles. The van der Waals surface area contributed by atoms with Crippen molar-refractivity contribution in [3.63, 3.8) is 0 Å². The van der Waals surface area contributed by atoms with Crippen LogP contribution in [0, 0.1) is 6.92 Å². The third kappa shape index (κ3) is 6.03. The van der Waals surface area contributed by atoms with Crippen LogP contribution in [0.5, 0.6) is 0 Å². The number of aromatic nitrogens is 2. The molecule has 1 saturated heterocycles. The Bertz CT molecular complexity index is 829. The largest absolute Gasteiger partial charge is 0.351 e. The lowest BCUT2D eigenvalue weighted by molar-refractivity contribution is -0.135. The summed E-state index contributed by atoms with van der Waals surface area (Å²) >= 11 is 5.92. The highest BCUT2D eigenvalue weighted by Gasteiger charge is 2.25. The highest BCUT2D eigenvalue weighted by Crippen LogP contribution is 2.13. The molecule has 7 nitrogen and oxygen atoms in total. The third-order valence-corrected chi connectivity index (χ3v) is 4.63. The molecule has 0 atom stereocenters. The van der Waals surface area contributed by atoms with Gasteiger partial charge in [0.1, 0.15) is 5.82 Å². The number of carbonyl (C=O) groups excluding carboxylic acids is 1. The van der Waals surface area contributed by atoms with Gasteiger partial charge in [-0.2, -0.15) is 0 Å². The van der Waals surface area contributed by atoms with Crippen molar-refractivity contribution >= 4 is 47.4 Å². The molecule has 0 unspecified atom stereocenters. The molecule has 0 spiro atoms. The first kappa shape index (κ1) is 22.4. The van der Waals surface area contributed by atoms with E-state index in [0.717, 1.165) is 23.6 Å². The molecule has 1 aromatic heterocycles. The van der Waals surface area contributed by atoms with Crippen LogP contribution in [-0.2, 0) is 17.9 Å². The zero-order valence-electron chi connectivity index (χ0n) is 15.9. The number of nitrogens with one attached hydrogen (secondary N) is 1. The smallest absolute Gasteiger partial charge is 0.242 e. The molecule has 0 aliphatic carbocycles. The summed E-state index contributed by atoms with van der Waals surface area (Å²) < 4.78 is 0. The molecule has 1 amide bonds. The summed E-state index contributed by atoms with van der Waals surface area (Å²) in [6.45, 7) is 4.66. The number of rotatable bonds is 4. The molecule has 9 heteroatoms. The maximum absolute atomic E-state index is 12.6. The number of aliphatic imine (C=N–C) groups is 1. The Morgan fingerprint density at radius 2 is 2.00 bits per heavy atom. The predicted octanol–water partition coefficient (Wildman–Crippen LogP) is 2.48. The molecule has 0 saturated carbocycles. The number of piperazine rings is 1. The molecule has 1 N–H and O–H groups in total. The second kappa shape index (κ2) is 10.6. The summed E-state index contributed by atoms with van der Waals surface area (Å²) in [5, 5.41) is 3.97. The van der Waals surface area contributed by atoms with Crippen LogP contribution in [-0.4, -0.2) is 58.3 Å². The van der Waals surface area contributed by atoms with Gasteiger partial charge in [0.05, 0.1) is 18.8 Å². The maximum atomic E-state index is 12.6. The number of aryl methyl sites for hydroxylation is 1. The van der Waals surface area contributed by atoms with E-state index < -0.39 is 0 Å². The van der Waals surface area contributed by atoms with Crippen LogP contribution in [0.4, 0.5) is 0 Å². The summed E-state index contributed by atoms with van der Waals surface area (Å²) in [4.78, 5) is 29.2. The van der Waals surface area contributed by atoms with E-state index in [1.165, 1.54) is 0 Å². The van der Waals surface area contributed by atoms with Crippen molar-refractivity contribution in [2.45, 2.75) is 20.0 Å². The van der Waals surface area contributed by atoms with E-state index in [9.17, 15) is 4.79 Å². The topological polar surface area (TPSA) is 73.7 Å². The molecule has 3 rings (SSSR count). The zero-order valence-corrected chi connectivity index (χ0v) is 19.0. The quantitative estimate of drug-likeness (QED) is 0.386. The Balaban J connectivity index is 0.00000280. The van der Waals surface area contributed by atoms with E-state index in [1.54, 1.807) is 13.2 Å². The van der Waals surface area contributed by atoms with Crippen LogP contribution < -0.4 is 5.32 Å². The number of halogens is 2. The second-order valence-electron chi connectivity index (χ2n) is 6.36. The summed E-state index contributed by atoms with van der Waals surface area (Å²) in [5.74, 6) is 1.51. The highest BCUT2D eigenvalue weighted by atomic mass is 127. The molecule has 1 aliphatic rings. The van der Waals surface area contributed by atoms with Gasteiger partial charge in [0.25, 0.3) is 0 Å². The number of amides is 1. The number of nitrogens with zero attached hydrogens (tertiary/aromatic N) is 5. The Labute approximate surface area is 187 Å². The van der Waals surface area contributed by atoms with E-state index >= 15 is 0 Å². The van der Waals surface area contributed by atoms with E-state index in [2.05, 4.69) is 20.3 Å². The highest BCUT2D eigenvalue weighted by molar-refractivity contribution is 14.0. The van der Waals surface area contributed by atoms with Crippen molar-refractivity contribution < 1.29 is 4.79 Å². The lowest BCUT2D eigenvalue weighted by Crippen LogP contribution is -2.54. The first-order chi connectivity index (χ1) is 13.0. The fourth-order valence-electron chi connectivity index (χ4n) is 2.97. The van der Waals surface area contributed by atoms with Gasteiger partial charge in [0.15, 0.2) is 5.96 Å². The molecular weight excluding hydrogens is 491 g/mol. The van der Waals surface area contributed by atoms with E-state index in [1.807, 2.05) is 47.1 Å². The molecule has 150 valence electrons. The monoisotopic (exact) mass is 514 g/mol. The van der Waals surface area contributed by atoms with Crippen molar-refractivity contribution in [1.29, 1.82) is 0 Å². The zero-order chi connectivity index (χ0) is 19.2. The van der Waals surface area contributed by atoms with Crippen LogP contribution in [0.1, 0.15) is 17.1 Å². The van der Waals surface area contributed by atoms with Gasteiger partial charge in [-0.3, -0.25) is 9.79 Å². The standard InChI is InChI=1S/C19H23ClN6O.HI/c1-14-22-8-7-17(24-14)11-23-19(21-2)26-10-9-25(18(27)13-26)12-15-3-5-16(20)6-4-15;/h3-8H,9-13H2,1-2H3,(H,21,23);1H. The van der Waals surface area contributed by atoms with Gasteiger partial charge in [0.2, 0.25) is 5.91 Å². The van der Waals surface area contributed by atoms with Crippen LogP contribution >= 0.6 is 35.6 Å². The van der Waals surface area contributed by atoms with E-state index in [-0.39, 0.29) is 29.9 Å². The minimum absolute atomic E-state index is 0. The average Bonchev–Trinajstić information content (AvgIpc) is 2.66. The Kier molecular flexibility index (Phi) is 8.43. The van der Waals surface area contributed by atoms with Gasteiger partial charge in [0, 0.05) is 37.9 Å². The summed E-state index contributed by atoms with van der Waals surface area (Å²) in [5.41, 5.74) is 1.96. The van der Waals surface area contributed by atoms with E-state index in [4.69, 9.17) is 11.6 Å². The summed E-state index contributed by atoms with van der Waals surface area (Å²) in [7, 11) is 1.72. The minimum atomic E-state index is 0. The number of guanidine groups is 1. The first-order valence-electron chi connectivity index (χ1n) is 8.81. The average molecular weight is 515 g/mol. The predicted molar refractivity (Wildman–Crippen MR) is 121 cm³/mol. The number of carbonyl (C=O) groups is 1. The lowest BCUT2D eigenvalue weighted by atomic mass is 10.2. The molecule has 1 fully saturated rings. The van der Waals surface area contributed by atoms with Gasteiger partial charge in [-0.15, -0.1) is 24.0 Å². The summed E-state index contributed by atoms with van der Waals surface area (Å²) in [6.07, 6.45) is 1.74. The second-order valence-corrected chi connectivity index (χ2v) is 6.80. The van der Waals surface area contributed by atoms with Gasteiger partial charge >= 0.3 is 0 Å². The maximum Gasteiger partial charge on any atom is 0.242 e. The first-order valence-corrected chi connectivity index (χ1v) is 9.19. The Morgan fingerprint density at radius 3 is 2.64 bits per heavy atom. The molecular formula is C19H24ClIN6O. The van der Waals surface area contributed by atoms with Crippen molar-refractivity contribution in [2.24, 2.45) is 4.99 Å². The van der Waals surface area contributed by atoms with Crippen LogP contribution in [0.25, 0.3) is 0 Å². The number of benzene rings is 1. The molecule has 1 aliphatic heterocycles. The van der Waals surface area contributed by atoms with Crippen LogP contribution in [0.3, 0.4) is 0 Å². The van der Waals surface area contributed by atoms with Crippen molar-refractivity contribution in [3.05, 3.63) is 58.6 Å². The molecule has 28 heavy (non-hydrogen) atoms. The van der Waals surface area contributed by atoms with Gasteiger partial charge < -0.3 is 15.1 Å². The van der Waals surface area contributed by atoms with Gasteiger partial charge in [-0.25, -0.2) is 9.97 Å². The molecule has 0 bridgehead atoms. The minimum Gasteiger partial charge on any atom is -0.351 e. The van der Waals surface area contributed by atoms with Gasteiger partial charge in [-0.05, 0) is 30.7 Å². The molecule has 1 aromatic carbocycles.